The van der Waals surface area contributed by atoms with Crippen molar-refractivity contribution in [3.05, 3.63) is 29.6 Å². The second-order valence-electron chi connectivity index (χ2n) is 7.99. The van der Waals surface area contributed by atoms with Crippen molar-refractivity contribution in [1.29, 1.82) is 0 Å². The van der Waals surface area contributed by atoms with Gasteiger partial charge in [0.2, 0.25) is 0 Å². The number of hydrogen-bond acceptors (Lipinski definition) is 6. The van der Waals surface area contributed by atoms with Crippen LogP contribution in [0.3, 0.4) is 0 Å². The first-order valence-electron chi connectivity index (χ1n) is 9.80. The van der Waals surface area contributed by atoms with Crippen LogP contribution >= 0.6 is 0 Å². The van der Waals surface area contributed by atoms with Crippen LogP contribution in [0.1, 0.15) is 39.2 Å². The molecule has 1 aromatic carbocycles. The summed E-state index contributed by atoms with van der Waals surface area (Å²) in [6.07, 6.45) is 1.40. The Kier molecular flexibility index (Phi) is 8.07. The molecule has 0 aromatic heterocycles. The fraction of sp³-hybridized carbons (Fsp3) is 0.600. The lowest BCUT2D eigenvalue weighted by Crippen LogP contribution is -2.39. The van der Waals surface area contributed by atoms with Gasteiger partial charge in [0.15, 0.2) is 5.84 Å². The SMILES string of the molecule is CC(C)(C)OC(=O)N1CCCN(CCCOc2ccc(/C(N)=N\O)c(F)c2)CC1. The van der Waals surface area contributed by atoms with Gasteiger partial charge in [0.05, 0.1) is 12.2 Å². The van der Waals surface area contributed by atoms with Crippen molar-refractivity contribution in [2.24, 2.45) is 10.9 Å². The zero-order valence-electron chi connectivity index (χ0n) is 17.4. The minimum Gasteiger partial charge on any atom is -0.493 e. The minimum absolute atomic E-state index is 0.0268. The quantitative estimate of drug-likeness (QED) is 0.246. The van der Waals surface area contributed by atoms with Crippen molar-refractivity contribution >= 4 is 11.9 Å². The summed E-state index contributed by atoms with van der Waals surface area (Å²) >= 11 is 0. The normalized spacial score (nSPS) is 16.4. The predicted molar refractivity (Wildman–Crippen MR) is 108 cm³/mol. The Morgan fingerprint density at radius 3 is 2.69 bits per heavy atom. The molecular weight excluding hydrogens is 379 g/mol. The van der Waals surface area contributed by atoms with Gasteiger partial charge in [-0.25, -0.2) is 9.18 Å². The van der Waals surface area contributed by atoms with Crippen LogP contribution in [0.25, 0.3) is 0 Å². The Morgan fingerprint density at radius 2 is 2.03 bits per heavy atom. The highest BCUT2D eigenvalue weighted by molar-refractivity contribution is 5.97. The first-order valence-corrected chi connectivity index (χ1v) is 9.80. The number of carbonyl (C=O) groups excluding carboxylic acids is 1. The van der Waals surface area contributed by atoms with E-state index in [0.29, 0.717) is 25.4 Å². The van der Waals surface area contributed by atoms with E-state index in [9.17, 15) is 9.18 Å². The zero-order valence-corrected chi connectivity index (χ0v) is 17.4. The van der Waals surface area contributed by atoms with Crippen LogP contribution in [0.15, 0.2) is 23.4 Å². The monoisotopic (exact) mass is 410 g/mol. The van der Waals surface area contributed by atoms with Crippen molar-refractivity contribution < 1.29 is 23.9 Å². The summed E-state index contributed by atoms with van der Waals surface area (Å²) in [5.41, 5.74) is 4.94. The summed E-state index contributed by atoms with van der Waals surface area (Å²) < 4.78 is 25.0. The Hall–Kier alpha value is -2.55. The van der Waals surface area contributed by atoms with E-state index < -0.39 is 11.4 Å². The molecule has 0 atom stereocenters. The zero-order chi connectivity index (χ0) is 21.4. The third-order valence-electron chi connectivity index (χ3n) is 4.45. The molecule has 1 aliphatic heterocycles. The molecule has 0 spiro atoms. The molecular formula is C20H31FN4O4. The van der Waals surface area contributed by atoms with Gasteiger partial charge in [-0.2, -0.15) is 0 Å². The van der Waals surface area contributed by atoms with Gasteiger partial charge in [0.1, 0.15) is 17.2 Å². The Labute approximate surface area is 171 Å². The number of rotatable bonds is 6. The molecule has 1 saturated heterocycles. The summed E-state index contributed by atoms with van der Waals surface area (Å²) in [6, 6.07) is 4.22. The first kappa shape index (κ1) is 22.7. The van der Waals surface area contributed by atoms with E-state index in [1.165, 1.54) is 12.1 Å². The number of amides is 1. The van der Waals surface area contributed by atoms with Gasteiger partial charge in [0.25, 0.3) is 0 Å². The van der Waals surface area contributed by atoms with Gasteiger partial charge in [-0.1, -0.05) is 5.16 Å². The van der Waals surface area contributed by atoms with Gasteiger partial charge < -0.3 is 30.2 Å². The molecule has 1 amide bonds. The molecule has 0 unspecified atom stereocenters. The van der Waals surface area contributed by atoms with Crippen LogP contribution in [0.5, 0.6) is 5.75 Å². The van der Waals surface area contributed by atoms with Gasteiger partial charge in [-0.05, 0) is 52.3 Å². The van der Waals surface area contributed by atoms with Gasteiger partial charge in [-0.3, -0.25) is 0 Å². The largest absolute Gasteiger partial charge is 0.493 e. The second-order valence-corrected chi connectivity index (χ2v) is 7.99. The molecule has 1 heterocycles. The number of oxime groups is 1. The number of ether oxygens (including phenoxy) is 2. The van der Waals surface area contributed by atoms with Crippen LogP contribution in [-0.4, -0.2) is 71.9 Å². The summed E-state index contributed by atoms with van der Waals surface area (Å²) in [5.74, 6) is -0.493. The van der Waals surface area contributed by atoms with Gasteiger partial charge >= 0.3 is 6.09 Å². The molecule has 0 saturated carbocycles. The number of nitrogens with two attached hydrogens (primary N) is 1. The highest BCUT2D eigenvalue weighted by Gasteiger charge is 2.24. The van der Waals surface area contributed by atoms with Crippen molar-refractivity contribution in [2.45, 2.75) is 39.2 Å². The highest BCUT2D eigenvalue weighted by Crippen LogP contribution is 2.17. The van der Waals surface area contributed by atoms with E-state index in [2.05, 4.69) is 10.1 Å². The molecule has 0 radical (unpaired) electrons. The maximum Gasteiger partial charge on any atom is 0.410 e. The van der Waals surface area contributed by atoms with Crippen molar-refractivity contribution in [3.63, 3.8) is 0 Å². The van der Waals surface area contributed by atoms with Crippen molar-refractivity contribution in [3.8, 4) is 5.75 Å². The maximum atomic E-state index is 13.9. The summed E-state index contributed by atoms with van der Waals surface area (Å²) in [6.45, 7) is 9.87. The number of amidine groups is 1. The van der Waals surface area contributed by atoms with E-state index in [-0.39, 0.29) is 17.5 Å². The molecule has 3 N–H and O–H groups in total. The smallest absolute Gasteiger partial charge is 0.410 e. The lowest BCUT2D eigenvalue weighted by molar-refractivity contribution is 0.0257. The predicted octanol–water partition coefficient (Wildman–Crippen LogP) is 2.63. The van der Waals surface area contributed by atoms with Crippen LogP contribution in [-0.2, 0) is 4.74 Å². The van der Waals surface area contributed by atoms with Gasteiger partial charge in [0, 0.05) is 32.2 Å². The van der Waals surface area contributed by atoms with Crippen LogP contribution in [0.2, 0.25) is 0 Å². The molecule has 1 aromatic rings. The molecule has 9 heteroatoms. The molecule has 162 valence electrons. The molecule has 1 aliphatic rings. The number of benzene rings is 1. The lowest BCUT2D eigenvalue weighted by Gasteiger charge is -2.26. The van der Waals surface area contributed by atoms with Crippen molar-refractivity contribution in [2.75, 3.05) is 39.3 Å². The lowest BCUT2D eigenvalue weighted by atomic mass is 10.2. The molecule has 0 bridgehead atoms. The molecule has 2 rings (SSSR count). The average molecular weight is 410 g/mol. The van der Waals surface area contributed by atoms with E-state index in [1.807, 2.05) is 20.8 Å². The maximum absolute atomic E-state index is 13.9. The third kappa shape index (κ3) is 7.41. The van der Waals surface area contributed by atoms with Crippen LogP contribution < -0.4 is 10.5 Å². The first-order chi connectivity index (χ1) is 13.7. The van der Waals surface area contributed by atoms with E-state index >= 15 is 0 Å². The number of halogens is 1. The molecule has 8 nitrogen and oxygen atoms in total. The third-order valence-corrected chi connectivity index (χ3v) is 4.45. The van der Waals surface area contributed by atoms with Gasteiger partial charge in [-0.15, -0.1) is 0 Å². The Morgan fingerprint density at radius 1 is 1.28 bits per heavy atom. The van der Waals surface area contributed by atoms with E-state index in [0.717, 1.165) is 32.5 Å². The Balaban J connectivity index is 1.73. The Bertz CT molecular complexity index is 721. The van der Waals surface area contributed by atoms with E-state index in [4.69, 9.17) is 20.4 Å². The molecule has 0 aliphatic carbocycles. The summed E-state index contributed by atoms with van der Waals surface area (Å²) in [5, 5.41) is 11.4. The molecule has 1 fully saturated rings. The standard InChI is InChI=1S/C20H31FN4O4/c1-20(2,3)29-19(26)25-10-4-8-24(11-12-25)9-5-13-28-15-6-7-16(17(21)14-15)18(22)23-27/h6-7,14,27H,4-5,8-13H2,1-3H3,(H2,22,23). The fourth-order valence-corrected chi connectivity index (χ4v) is 3.03. The number of nitrogens with zero attached hydrogens (tertiary/aromatic N) is 3. The van der Waals surface area contributed by atoms with Crippen LogP contribution in [0, 0.1) is 5.82 Å². The second kappa shape index (κ2) is 10.3. The number of hydrogen-bond donors (Lipinski definition) is 2. The summed E-state index contributed by atoms with van der Waals surface area (Å²) in [7, 11) is 0. The van der Waals surface area contributed by atoms with Crippen LogP contribution in [0.4, 0.5) is 9.18 Å². The topological polar surface area (TPSA) is 101 Å². The van der Waals surface area contributed by atoms with E-state index in [1.54, 1.807) is 11.0 Å². The van der Waals surface area contributed by atoms with Crippen molar-refractivity contribution in [1.82, 2.24) is 9.80 Å². The highest BCUT2D eigenvalue weighted by atomic mass is 19.1. The minimum atomic E-state index is -0.604. The average Bonchev–Trinajstić information content (AvgIpc) is 2.89. The fourth-order valence-electron chi connectivity index (χ4n) is 3.03. The molecule has 29 heavy (non-hydrogen) atoms. The summed E-state index contributed by atoms with van der Waals surface area (Å²) in [4.78, 5) is 16.3. The number of carbonyl (C=O) groups is 1.